The molecule has 1 atom stereocenters. The van der Waals surface area contributed by atoms with Crippen molar-refractivity contribution in [1.29, 1.82) is 0 Å². The highest BCUT2D eigenvalue weighted by Gasteiger charge is 2.07. The maximum atomic E-state index is 9.34. The molecule has 0 saturated heterocycles. The van der Waals surface area contributed by atoms with E-state index >= 15 is 0 Å². The van der Waals surface area contributed by atoms with Crippen molar-refractivity contribution >= 4 is 0 Å². The topological polar surface area (TPSA) is 33.4 Å². The summed E-state index contributed by atoms with van der Waals surface area (Å²) in [7, 11) is 0. The molecular weight excluding hydrogens is 236 g/mol. The molecule has 0 bridgehead atoms. The molecule has 1 aromatic carbocycles. The van der Waals surface area contributed by atoms with Crippen molar-refractivity contribution in [3.05, 3.63) is 47.7 Å². The lowest BCUT2D eigenvalue weighted by molar-refractivity contribution is 0.187. The minimum absolute atomic E-state index is 0.365. The van der Waals surface area contributed by atoms with Crippen LogP contribution in [0.15, 0.2) is 40.8 Å². The maximum absolute atomic E-state index is 9.34. The molecule has 2 heteroatoms. The Bertz CT molecular complexity index is 494. The van der Waals surface area contributed by atoms with Crippen molar-refractivity contribution in [2.45, 2.75) is 45.6 Å². The molecule has 0 radical (unpaired) electrons. The molecule has 1 N–H and O–H groups in total. The van der Waals surface area contributed by atoms with E-state index in [1.165, 1.54) is 18.4 Å². The van der Waals surface area contributed by atoms with Crippen LogP contribution in [0.1, 0.15) is 38.0 Å². The Morgan fingerprint density at radius 2 is 1.84 bits per heavy atom. The summed E-state index contributed by atoms with van der Waals surface area (Å²) in [5, 5.41) is 9.34. The lowest BCUT2D eigenvalue weighted by atomic mass is 10.1. The first-order chi connectivity index (χ1) is 9.19. The predicted molar refractivity (Wildman–Crippen MR) is 78.1 cm³/mol. The lowest BCUT2D eigenvalue weighted by Crippen LogP contribution is -2.02. The standard InChI is InChI=1S/C17H22O2/c1-3-4-5-14-6-8-15(9-7-14)17-11-10-16(19-17)12-13(2)18/h6-11,13,18H,3-5,12H2,1-2H3. The molecule has 2 aromatic rings. The molecule has 0 aliphatic carbocycles. The lowest BCUT2D eigenvalue weighted by Gasteiger charge is -2.02. The number of hydrogen-bond acceptors (Lipinski definition) is 2. The molecule has 2 rings (SSSR count). The molecule has 19 heavy (non-hydrogen) atoms. The van der Waals surface area contributed by atoms with Crippen LogP contribution in [0.3, 0.4) is 0 Å². The fraction of sp³-hybridized carbons (Fsp3) is 0.412. The third-order valence-corrected chi connectivity index (χ3v) is 3.22. The summed E-state index contributed by atoms with van der Waals surface area (Å²) < 4.78 is 5.74. The number of hydrogen-bond donors (Lipinski definition) is 1. The number of aliphatic hydroxyl groups is 1. The van der Waals surface area contributed by atoms with Gasteiger partial charge in [0.05, 0.1) is 6.10 Å². The molecule has 0 spiro atoms. The van der Waals surface area contributed by atoms with E-state index in [2.05, 4.69) is 31.2 Å². The van der Waals surface area contributed by atoms with E-state index in [0.29, 0.717) is 6.42 Å². The van der Waals surface area contributed by atoms with Crippen LogP contribution in [0, 0.1) is 0 Å². The van der Waals surface area contributed by atoms with Gasteiger partial charge in [0.1, 0.15) is 11.5 Å². The quantitative estimate of drug-likeness (QED) is 0.842. The summed E-state index contributed by atoms with van der Waals surface area (Å²) in [5.41, 5.74) is 2.47. The van der Waals surface area contributed by atoms with Gasteiger partial charge in [-0.1, -0.05) is 37.6 Å². The number of unbranched alkanes of at least 4 members (excludes halogenated alkanes) is 1. The molecule has 2 nitrogen and oxygen atoms in total. The first kappa shape index (κ1) is 13.9. The predicted octanol–water partition coefficient (Wildman–Crippen LogP) is 4.21. The van der Waals surface area contributed by atoms with Gasteiger partial charge in [0.25, 0.3) is 0 Å². The fourth-order valence-corrected chi connectivity index (χ4v) is 2.15. The zero-order valence-corrected chi connectivity index (χ0v) is 11.7. The highest BCUT2D eigenvalue weighted by atomic mass is 16.3. The van der Waals surface area contributed by atoms with Crippen molar-refractivity contribution in [2.75, 3.05) is 0 Å². The van der Waals surface area contributed by atoms with E-state index in [1.807, 2.05) is 12.1 Å². The normalized spacial score (nSPS) is 12.6. The Hall–Kier alpha value is -1.54. The maximum Gasteiger partial charge on any atom is 0.134 e. The van der Waals surface area contributed by atoms with Crippen LogP contribution in [-0.4, -0.2) is 11.2 Å². The van der Waals surface area contributed by atoms with Gasteiger partial charge in [-0.15, -0.1) is 0 Å². The van der Waals surface area contributed by atoms with Gasteiger partial charge < -0.3 is 9.52 Å². The van der Waals surface area contributed by atoms with Crippen LogP contribution in [0.4, 0.5) is 0 Å². The van der Waals surface area contributed by atoms with Gasteiger partial charge in [0.2, 0.25) is 0 Å². The van der Waals surface area contributed by atoms with Gasteiger partial charge in [0.15, 0.2) is 0 Å². The van der Waals surface area contributed by atoms with Gasteiger partial charge in [-0.05, 0) is 37.5 Å². The first-order valence-corrected chi connectivity index (χ1v) is 7.05. The number of benzene rings is 1. The van der Waals surface area contributed by atoms with Crippen molar-refractivity contribution in [2.24, 2.45) is 0 Å². The summed E-state index contributed by atoms with van der Waals surface area (Å²) in [6, 6.07) is 12.5. The Labute approximate surface area is 115 Å². The van der Waals surface area contributed by atoms with Crippen LogP contribution in [0.25, 0.3) is 11.3 Å². The van der Waals surface area contributed by atoms with Gasteiger partial charge in [-0.2, -0.15) is 0 Å². The number of aliphatic hydroxyl groups excluding tert-OH is 1. The summed E-state index contributed by atoms with van der Waals surface area (Å²) in [6.07, 6.45) is 3.80. The van der Waals surface area contributed by atoms with E-state index in [1.54, 1.807) is 6.92 Å². The second kappa shape index (κ2) is 6.58. The number of furan rings is 1. The third-order valence-electron chi connectivity index (χ3n) is 3.22. The summed E-state index contributed by atoms with van der Waals surface area (Å²) >= 11 is 0. The molecule has 0 fully saturated rings. The minimum atomic E-state index is -0.365. The van der Waals surface area contributed by atoms with Crippen molar-refractivity contribution in [1.82, 2.24) is 0 Å². The Balaban J connectivity index is 2.07. The van der Waals surface area contributed by atoms with Crippen molar-refractivity contribution < 1.29 is 9.52 Å². The molecule has 0 aliphatic heterocycles. The van der Waals surface area contributed by atoms with Crippen molar-refractivity contribution in [3.63, 3.8) is 0 Å². The average molecular weight is 258 g/mol. The van der Waals surface area contributed by atoms with Crippen molar-refractivity contribution in [3.8, 4) is 11.3 Å². The van der Waals surface area contributed by atoms with Crippen LogP contribution in [-0.2, 0) is 12.8 Å². The van der Waals surface area contributed by atoms with E-state index in [9.17, 15) is 5.11 Å². The molecule has 1 aromatic heterocycles. The minimum Gasteiger partial charge on any atom is -0.461 e. The fourth-order valence-electron chi connectivity index (χ4n) is 2.15. The van der Waals surface area contributed by atoms with E-state index in [4.69, 9.17) is 4.42 Å². The second-order valence-corrected chi connectivity index (χ2v) is 5.12. The van der Waals surface area contributed by atoms with E-state index in [-0.39, 0.29) is 6.10 Å². The summed E-state index contributed by atoms with van der Waals surface area (Å²) in [5.74, 6) is 1.71. The second-order valence-electron chi connectivity index (χ2n) is 5.12. The van der Waals surface area contributed by atoms with Gasteiger partial charge in [-0.3, -0.25) is 0 Å². The van der Waals surface area contributed by atoms with Crippen LogP contribution >= 0.6 is 0 Å². The largest absolute Gasteiger partial charge is 0.461 e. The Kier molecular flexibility index (Phi) is 4.80. The van der Waals surface area contributed by atoms with Crippen LogP contribution < -0.4 is 0 Å². The molecule has 1 unspecified atom stereocenters. The monoisotopic (exact) mass is 258 g/mol. The molecule has 1 heterocycles. The zero-order chi connectivity index (χ0) is 13.7. The molecule has 0 saturated carbocycles. The number of aryl methyl sites for hydroxylation is 1. The smallest absolute Gasteiger partial charge is 0.134 e. The Morgan fingerprint density at radius 1 is 1.11 bits per heavy atom. The highest BCUT2D eigenvalue weighted by molar-refractivity contribution is 5.58. The average Bonchev–Trinajstić information content (AvgIpc) is 2.84. The molecular formula is C17H22O2. The molecule has 0 amide bonds. The zero-order valence-electron chi connectivity index (χ0n) is 11.7. The van der Waals surface area contributed by atoms with Gasteiger partial charge in [0, 0.05) is 12.0 Å². The van der Waals surface area contributed by atoms with Crippen LogP contribution in [0.2, 0.25) is 0 Å². The van der Waals surface area contributed by atoms with E-state index in [0.717, 1.165) is 23.5 Å². The molecule has 0 aliphatic rings. The summed E-state index contributed by atoms with van der Waals surface area (Å²) in [6.45, 7) is 3.98. The molecule has 102 valence electrons. The van der Waals surface area contributed by atoms with Gasteiger partial charge >= 0.3 is 0 Å². The number of rotatable bonds is 6. The SMILES string of the molecule is CCCCc1ccc(-c2ccc(CC(C)O)o2)cc1. The highest BCUT2D eigenvalue weighted by Crippen LogP contribution is 2.23. The summed E-state index contributed by atoms with van der Waals surface area (Å²) in [4.78, 5) is 0. The van der Waals surface area contributed by atoms with Gasteiger partial charge in [-0.25, -0.2) is 0 Å². The van der Waals surface area contributed by atoms with Crippen LogP contribution in [0.5, 0.6) is 0 Å². The first-order valence-electron chi connectivity index (χ1n) is 7.05. The van der Waals surface area contributed by atoms with E-state index < -0.39 is 0 Å². The Morgan fingerprint density at radius 3 is 2.47 bits per heavy atom. The third kappa shape index (κ3) is 3.97.